The lowest BCUT2D eigenvalue weighted by Crippen LogP contribution is -2.34. The number of unbranched alkanes of at least 4 members (excludes halogenated alkanes) is 3. The van der Waals surface area contributed by atoms with Gasteiger partial charge in [0, 0.05) is 13.0 Å². The molecule has 0 fully saturated rings. The second-order valence-corrected chi connectivity index (χ2v) is 5.65. The highest BCUT2D eigenvalue weighted by Crippen LogP contribution is 2.16. The Morgan fingerprint density at radius 3 is 2.43 bits per heavy atom. The molecule has 1 amide bonds. The van der Waals surface area contributed by atoms with E-state index >= 15 is 0 Å². The van der Waals surface area contributed by atoms with Crippen molar-refractivity contribution in [3.05, 3.63) is 35.9 Å². The average Bonchev–Trinajstić information content (AvgIpc) is 2.48. The number of rotatable bonds is 10. The van der Waals surface area contributed by atoms with Crippen molar-refractivity contribution in [2.45, 2.75) is 38.1 Å². The fourth-order valence-electron chi connectivity index (χ4n) is 2.36. The number of hydrogen-bond donors (Lipinski definition) is 2. The summed E-state index contributed by atoms with van der Waals surface area (Å²) in [5.74, 6) is 0.144. The predicted octanol–water partition coefficient (Wildman–Crippen LogP) is 2.31. The van der Waals surface area contributed by atoms with Crippen molar-refractivity contribution in [3.63, 3.8) is 0 Å². The van der Waals surface area contributed by atoms with Crippen LogP contribution in [0.4, 0.5) is 0 Å². The highest BCUT2D eigenvalue weighted by atomic mass is 16.1. The summed E-state index contributed by atoms with van der Waals surface area (Å²) in [6.45, 7) is 1.40. The Hall–Kier alpha value is -1.39. The molecule has 21 heavy (non-hydrogen) atoms. The molecule has 1 aromatic rings. The van der Waals surface area contributed by atoms with Crippen LogP contribution in [0.15, 0.2) is 30.3 Å². The molecule has 0 bridgehead atoms. The molecule has 0 saturated carbocycles. The molecule has 0 aromatic heterocycles. The number of nitrogens with two attached hydrogens (primary N) is 1. The van der Waals surface area contributed by atoms with Crippen LogP contribution in [-0.4, -0.2) is 38.0 Å². The number of carbonyl (C=O) groups is 1. The second-order valence-electron chi connectivity index (χ2n) is 5.65. The maximum atomic E-state index is 11.9. The highest BCUT2D eigenvalue weighted by molar-refractivity contribution is 5.75. The Labute approximate surface area is 128 Å². The number of amides is 1. The van der Waals surface area contributed by atoms with Gasteiger partial charge in [-0.25, -0.2) is 0 Å². The Morgan fingerprint density at radius 2 is 1.81 bits per heavy atom. The van der Waals surface area contributed by atoms with Crippen LogP contribution in [0.5, 0.6) is 0 Å². The molecule has 0 radical (unpaired) electrons. The van der Waals surface area contributed by atoms with Gasteiger partial charge in [0.25, 0.3) is 0 Å². The molecule has 1 unspecified atom stereocenters. The summed E-state index contributed by atoms with van der Waals surface area (Å²) in [6.07, 6.45) is 4.82. The van der Waals surface area contributed by atoms with E-state index in [1.165, 1.54) is 5.56 Å². The maximum Gasteiger partial charge on any atom is 0.220 e. The Morgan fingerprint density at radius 1 is 1.14 bits per heavy atom. The van der Waals surface area contributed by atoms with E-state index in [4.69, 9.17) is 5.73 Å². The minimum Gasteiger partial charge on any atom is -0.354 e. The molecule has 0 aliphatic heterocycles. The molecule has 0 heterocycles. The minimum absolute atomic E-state index is 0.144. The molecule has 1 atom stereocenters. The topological polar surface area (TPSA) is 58.4 Å². The van der Waals surface area contributed by atoms with E-state index in [0.717, 1.165) is 32.2 Å². The van der Waals surface area contributed by atoms with Gasteiger partial charge in [0.1, 0.15) is 0 Å². The summed E-state index contributed by atoms with van der Waals surface area (Å²) in [4.78, 5) is 14.0. The van der Waals surface area contributed by atoms with Crippen LogP contribution in [0.25, 0.3) is 0 Å². The zero-order chi connectivity index (χ0) is 15.5. The first-order valence-corrected chi connectivity index (χ1v) is 7.83. The normalized spacial score (nSPS) is 12.4. The van der Waals surface area contributed by atoms with Gasteiger partial charge in [0.05, 0.1) is 6.04 Å². The molecule has 1 rings (SSSR count). The quantitative estimate of drug-likeness (QED) is 0.650. The van der Waals surface area contributed by atoms with Crippen molar-refractivity contribution in [2.24, 2.45) is 5.73 Å². The third-order valence-corrected chi connectivity index (χ3v) is 3.66. The van der Waals surface area contributed by atoms with Crippen molar-refractivity contribution < 1.29 is 4.79 Å². The van der Waals surface area contributed by atoms with Gasteiger partial charge in [-0.3, -0.25) is 4.79 Å². The Kier molecular flexibility index (Phi) is 8.71. The van der Waals surface area contributed by atoms with E-state index in [2.05, 4.69) is 22.3 Å². The summed E-state index contributed by atoms with van der Waals surface area (Å²) >= 11 is 0. The Balaban J connectivity index is 2.32. The van der Waals surface area contributed by atoms with Crippen molar-refractivity contribution in [1.82, 2.24) is 10.2 Å². The molecular formula is C17H29N3O. The first-order chi connectivity index (χ1) is 10.1. The maximum absolute atomic E-state index is 11.9. The number of carbonyl (C=O) groups excluding carboxylic acids is 1. The van der Waals surface area contributed by atoms with Crippen LogP contribution in [-0.2, 0) is 4.79 Å². The summed E-state index contributed by atoms with van der Waals surface area (Å²) < 4.78 is 0. The Bertz CT molecular complexity index is 392. The largest absolute Gasteiger partial charge is 0.354 e. The molecule has 1 aromatic carbocycles. The summed E-state index contributed by atoms with van der Waals surface area (Å²) in [5.41, 5.74) is 6.68. The molecule has 118 valence electrons. The third kappa shape index (κ3) is 7.25. The summed E-state index contributed by atoms with van der Waals surface area (Å²) in [5, 5.41) is 3.05. The second kappa shape index (κ2) is 10.4. The van der Waals surface area contributed by atoms with E-state index in [1.807, 2.05) is 32.3 Å². The molecule has 4 heteroatoms. The lowest BCUT2D eigenvalue weighted by Gasteiger charge is -2.25. The molecule has 4 nitrogen and oxygen atoms in total. The van der Waals surface area contributed by atoms with Crippen molar-refractivity contribution >= 4 is 5.91 Å². The monoisotopic (exact) mass is 291 g/mol. The number of hydrogen-bond acceptors (Lipinski definition) is 3. The van der Waals surface area contributed by atoms with E-state index in [9.17, 15) is 4.79 Å². The SMILES string of the molecule is CN(C)C(CNC(=O)CCCCCCN)c1ccccc1. The third-order valence-electron chi connectivity index (χ3n) is 3.66. The summed E-state index contributed by atoms with van der Waals surface area (Å²) in [6, 6.07) is 10.5. The predicted molar refractivity (Wildman–Crippen MR) is 88.0 cm³/mol. The van der Waals surface area contributed by atoms with Crippen LogP contribution in [0.1, 0.15) is 43.7 Å². The van der Waals surface area contributed by atoms with Crippen molar-refractivity contribution in [2.75, 3.05) is 27.2 Å². The van der Waals surface area contributed by atoms with Gasteiger partial charge in [0.15, 0.2) is 0 Å². The van der Waals surface area contributed by atoms with Crippen molar-refractivity contribution in [3.8, 4) is 0 Å². The van der Waals surface area contributed by atoms with Crippen LogP contribution in [0, 0.1) is 0 Å². The standard InChI is InChI=1S/C17H29N3O/c1-20(2)16(15-10-6-5-7-11-15)14-19-17(21)12-8-3-4-9-13-18/h5-7,10-11,16H,3-4,8-9,12-14,18H2,1-2H3,(H,19,21). The first-order valence-electron chi connectivity index (χ1n) is 7.83. The van der Waals surface area contributed by atoms with Gasteiger partial charge < -0.3 is 16.0 Å². The van der Waals surface area contributed by atoms with E-state index in [0.29, 0.717) is 13.0 Å². The smallest absolute Gasteiger partial charge is 0.220 e. The van der Waals surface area contributed by atoms with Crippen LogP contribution < -0.4 is 11.1 Å². The molecule has 0 aliphatic carbocycles. The number of benzene rings is 1. The van der Waals surface area contributed by atoms with Crippen LogP contribution >= 0.6 is 0 Å². The molecule has 0 aliphatic rings. The van der Waals surface area contributed by atoms with Gasteiger partial charge in [-0.2, -0.15) is 0 Å². The molecule has 0 spiro atoms. The van der Waals surface area contributed by atoms with Gasteiger partial charge in [-0.15, -0.1) is 0 Å². The lowest BCUT2D eigenvalue weighted by molar-refractivity contribution is -0.121. The van der Waals surface area contributed by atoms with Gasteiger partial charge in [0.2, 0.25) is 5.91 Å². The number of nitrogens with one attached hydrogen (secondary N) is 1. The molecule has 0 saturated heterocycles. The van der Waals surface area contributed by atoms with E-state index in [-0.39, 0.29) is 11.9 Å². The fraction of sp³-hybridized carbons (Fsp3) is 0.588. The summed E-state index contributed by atoms with van der Waals surface area (Å²) in [7, 11) is 4.08. The lowest BCUT2D eigenvalue weighted by atomic mass is 10.1. The number of nitrogens with zero attached hydrogens (tertiary/aromatic N) is 1. The zero-order valence-electron chi connectivity index (χ0n) is 13.3. The van der Waals surface area contributed by atoms with Gasteiger partial charge >= 0.3 is 0 Å². The zero-order valence-corrected chi connectivity index (χ0v) is 13.3. The first kappa shape index (κ1) is 17.7. The van der Waals surface area contributed by atoms with Gasteiger partial charge in [-0.1, -0.05) is 43.2 Å². The minimum atomic E-state index is 0.144. The highest BCUT2D eigenvalue weighted by Gasteiger charge is 2.14. The van der Waals surface area contributed by atoms with Crippen LogP contribution in [0.3, 0.4) is 0 Å². The average molecular weight is 291 g/mol. The molecular weight excluding hydrogens is 262 g/mol. The molecule has 3 N–H and O–H groups in total. The van der Waals surface area contributed by atoms with E-state index in [1.54, 1.807) is 0 Å². The van der Waals surface area contributed by atoms with Crippen molar-refractivity contribution in [1.29, 1.82) is 0 Å². The van der Waals surface area contributed by atoms with Gasteiger partial charge in [-0.05, 0) is 39.0 Å². The van der Waals surface area contributed by atoms with Crippen LogP contribution in [0.2, 0.25) is 0 Å². The fourth-order valence-corrected chi connectivity index (χ4v) is 2.36. The van der Waals surface area contributed by atoms with E-state index < -0.39 is 0 Å². The number of likely N-dealkylation sites (N-methyl/N-ethyl adjacent to an activating group) is 1.